The highest BCUT2D eigenvalue weighted by molar-refractivity contribution is 6.29. The Hall–Kier alpha value is -2.93. The fourth-order valence-corrected chi connectivity index (χ4v) is 2.19. The average molecular weight is 377 g/mol. The number of carbonyl (C=O) groups excluding carboxylic acids is 3. The lowest BCUT2D eigenvalue weighted by atomic mass is 10.1. The zero-order chi connectivity index (χ0) is 19.1. The molecule has 1 aromatic carbocycles. The zero-order valence-electron chi connectivity index (χ0n) is 14.2. The molecular weight excluding hydrogens is 360 g/mol. The quantitative estimate of drug-likeness (QED) is 0.613. The Morgan fingerprint density at radius 2 is 1.54 bits per heavy atom. The van der Waals surface area contributed by atoms with Crippen LogP contribution in [0.25, 0.3) is 0 Å². The summed E-state index contributed by atoms with van der Waals surface area (Å²) in [4.78, 5) is 40.2. The summed E-state index contributed by atoms with van der Waals surface area (Å²) >= 11 is 5.70. The number of amides is 1. The van der Waals surface area contributed by atoms with E-state index >= 15 is 0 Å². The molecule has 0 bridgehead atoms. The van der Waals surface area contributed by atoms with Crippen molar-refractivity contribution >= 4 is 35.1 Å². The third-order valence-corrected chi connectivity index (χ3v) is 3.43. The lowest BCUT2D eigenvalue weighted by molar-refractivity contribution is 0.0525. The van der Waals surface area contributed by atoms with Crippen LogP contribution in [0, 0.1) is 0 Å². The van der Waals surface area contributed by atoms with Crippen LogP contribution in [0.1, 0.15) is 44.9 Å². The molecule has 0 fully saturated rings. The predicted octanol–water partition coefficient (Wildman–Crippen LogP) is 3.34. The van der Waals surface area contributed by atoms with Crippen molar-refractivity contribution in [3.8, 4) is 0 Å². The van der Waals surface area contributed by atoms with E-state index in [2.05, 4.69) is 10.3 Å². The van der Waals surface area contributed by atoms with Gasteiger partial charge in [0.05, 0.1) is 29.9 Å². The summed E-state index contributed by atoms with van der Waals surface area (Å²) in [6.07, 6.45) is 1.32. The van der Waals surface area contributed by atoms with Crippen LogP contribution in [0.3, 0.4) is 0 Å². The van der Waals surface area contributed by atoms with Crippen molar-refractivity contribution in [3.05, 3.63) is 58.4 Å². The highest BCUT2D eigenvalue weighted by Gasteiger charge is 2.16. The number of carbonyl (C=O) groups is 3. The van der Waals surface area contributed by atoms with Gasteiger partial charge in [-0.25, -0.2) is 14.6 Å². The Bertz CT molecular complexity index is 785. The van der Waals surface area contributed by atoms with E-state index in [1.54, 1.807) is 13.8 Å². The van der Waals surface area contributed by atoms with Gasteiger partial charge in [-0.3, -0.25) is 4.79 Å². The van der Waals surface area contributed by atoms with Crippen LogP contribution in [0.5, 0.6) is 0 Å². The maximum atomic E-state index is 12.3. The van der Waals surface area contributed by atoms with E-state index in [4.69, 9.17) is 21.1 Å². The maximum absolute atomic E-state index is 12.3. The molecule has 0 radical (unpaired) electrons. The zero-order valence-corrected chi connectivity index (χ0v) is 15.0. The second-order valence-electron chi connectivity index (χ2n) is 5.06. The van der Waals surface area contributed by atoms with Crippen LogP contribution in [0.15, 0.2) is 36.5 Å². The lowest BCUT2D eigenvalue weighted by Gasteiger charge is -2.10. The number of nitrogens with one attached hydrogen (secondary N) is 1. The van der Waals surface area contributed by atoms with Crippen LogP contribution in [-0.4, -0.2) is 36.0 Å². The van der Waals surface area contributed by atoms with Crippen LogP contribution in [0.4, 0.5) is 5.69 Å². The minimum atomic E-state index is -0.609. The number of pyridine rings is 1. The summed E-state index contributed by atoms with van der Waals surface area (Å²) in [5, 5.41) is 2.87. The first-order chi connectivity index (χ1) is 12.4. The number of benzene rings is 1. The SMILES string of the molecule is CCOC(=O)c1cc(NC(=O)c2ccc(Cl)nc2)cc(C(=O)OCC)c1. The van der Waals surface area contributed by atoms with Crippen molar-refractivity contribution in [2.45, 2.75) is 13.8 Å². The van der Waals surface area contributed by atoms with Crippen LogP contribution in [-0.2, 0) is 9.47 Å². The van der Waals surface area contributed by atoms with E-state index in [0.717, 1.165) is 0 Å². The van der Waals surface area contributed by atoms with Gasteiger partial charge in [-0.2, -0.15) is 0 Å². The number of ether oxygens (including phenoxy) is 2. The van der Waals surface area contributed by atoms with Gasteiger partial charge in [0.25, 0.3) is 5.91 Å². The van der Waals surface area contributed by atoms with Crippen molar-refractivity contribution in [2.75, 3.05) is 18.5 Å². The molecule has 0 unspecified atom stereocenters. The van der Waals surface area contributed by atoms with E-state index < -0.39 is 17.8 Å². The summed E-state index contributed by atoms with van der Waals surface area (Å²) in [6.45, 7) is 3.70. The van der Waals surface area contributed by atoms with E-state index in [1.165, 1.54) is 36.5 Å². The molecule has 136 valence electrons. The van der Waals surface area contributed by atoms with Crippen molar-refractivity contribution in [1.29, 1.82) is 0 Å². The Balaban J connectivity index is 2.33. The van der Waals surface area contributed by atoms with Gasteiger partial charge in [-0.1, -0.05) is 11.6 Å². The molecule has 0 aliphatic heterocycles. The van der Waals surface area contributed by atoms with Crippen LogP contribution in [0.2, 0.25) is 5.15 Å². The highest BCUT2D eigenvalue weighted by Crippen LogP contribution is 2.18. The molecule has 26 heavy (non-hydrogen) atoms. The average Bonchev–Trinajstić information content (AvgIpc) is 2.62. The monoisotopic (exact) mass is 376 g/mol. The molecule has 1 N–H and O–H groups in total. The molecule has 0 spiro atoms. The van der Waals surface area contributed by atoms with Crippen molar-refractivity contribution in [3.63, 3.8) is 0 Å². The van der Waals surface area contributed by atoms with E-state index in [9.17, 15) is 14.4 Å². The fraction of sp³-hybridized carbons (Fsp3) is 0.222. The molecule has 0 aliphatic rings. The summed E-state index contributed by atoms with van der Waals surface area (Å²) in [5.74, 6) is -1.69. The minimum Gasteiger partial charge on any atom is -0.462 e. The number of aromatic nitrogens is 1. The van der Waals surface area contributed by atoms with Gasteiger partial charge >= 0.3 is 11.9 Å². The molecule has 1 aromatic heterocycles. The second kappa shape index (κ2) is 8.96. The van der Waals surface area contributed by atoms with Gasteiger partial charge in [-0.05, 0) is 44.2 Å². The van der Waals surface area contributed by atoms with E-state index in [0.29, 0.717) is 0 Å². The summed E-state index contributed by atoms with van der Waals surface area (Å²) in [7, 11) is 0. The normalized spacial score (nSPS) is 10.1. The number of hydrogen-bond donors (Lipinski definition) is 1. The largest absolute Gasteiger partial charge is 0.462 e. The molecule has 0 saturated carbocycles. The first-order valence-electron chi connectivity index (χ1n) is 7.86. The number of halogens is 1. The van der Waals surface area contributed by atoms with Crippen LogP contribution < -0.4 is 5.32 Å². The molecular formula is C18H17ClN2O5. The van der Waals surface area contributed by atoms with E-state index in [1.807, 2.05) is 0 Å². The molecule has 7 nitrogen and oxygen atoms in total. The number of esters is 2. The number of hydrogen-bond acceptors (Lipinski definition) is 6. The number of anilines is 1. The molecule has 0 aliphatic carbocycles. The molecule has 2 rings (SSSR count). The maximum Gasteiger partial charge on any atom is 0.338 e. The van der Waals surface area contributed by atoms with Gasteiger partial charge in [0.2, 0.25) is 0 Å². The molecule has 1 heterocycles. The first-order valence-corrected chi connectivity index (χ1v) is 8.24. The molecule has 0 saturated heterocycles. The molecule has 1 amide bonds. The summed E-state index contributed by atoms with van der Waals surface area (Å²) in [6, 6.07) is 7.18. The van der Waals surface area contributed by atoms with Crippen molar-refractivity contribution in [1.82, 2.24) is 4.98 Å². The van der Waals surface area contributed by atoms with Gasteiger partial charge in [0.15, 0.2) is 0 Å². The lowest BCUT2D eigenvalue weighted by Crippen LogP contribution is -2.15. The fourth-order valence-electron chi connectivity index (χ4n) is 2.08. The first kappa shape index (κ1) is 19.4. The topological polar surface area (TPSA) is 94.6 Å². The van der Waals surface area contributed by atoms with Crippen molar-refractivity contribution in [2.24, 2.45) is 0 Å². The smallest absolute Gasteiger partial charge is 0.338 e. The molecule has 2 aromatic rings. The summed E-state index contributed by atoms with van der Waals surface area (Å²) in [5.41, 5.74) is 0.774. The van der Waals surface area contributed by atoms with Crippen LogP contribution >= 0.6 is 11.6 Å². The van der Waals surface area contributed by atoms with E-state index in [-0.39, 0.29) is 40.7 Å². The van der Waals surface area contributed by atoms with Gasteiger partial charge < -0.3 is 14.8 Å². The second-order valence-corrected chi connectivity index (χ2v) is 5.45. The summed E-state index contributed by atoms with van der Waals surface area (Å²) < 4.78 is 9.90. The predicted molar refractivity (Wildman–Crippen MR) is 95.6 cm³/mol. The Morgan fingerprint density at radius 3 is 2.00 bits per heavy atom. The number of nitrogens with zero attached hydrogens (tertiary/aromatic N) is 1. The van der Waals surface area contributed by atoms with Gasteiger partial charge in [-0.15, -0.1) is 0 Å². The Kier molecular flexibility index (Phi) is 6.68. The standard InChI is InChI=1S/C18H17ClN2O5/c1-3-25-17(23)12-7-13(18(24)26-4-2)9-14(8-12)21-16(22)11-5-6-15(19)20-10-11/h5-10H,3-4H2,1-2H3,(H,21,22). The third kappa shape index (κ3) is 5.03. The van der Waals surface area contributed by atoms with Gasteiger partial charge in [0.1, 0.15) is 5.15 Å². The number of rotatable bonds is 6. The van der Waals surface area contributed by atoms with Crippen molar-refractivity contribution < 1.29 is 23.9 Å². The third-order valence-electron chi connectivity index (χ3n) is 3.20. The molecule has 0 atom stereocenters. The molecule has 8 heteroatoms. The highest BCUT2D eigenvalue weighted by atomic mass is 35.5. The Morgan fingerprint density at radius 1 is 0.962 bits per heavy atom. The minimum absolute atomic E-state index is 0.127. The van der Waals surface area contributed by atoms with Gasteiger partial charge in [0, 0.05) is 11.9 Å². The Labute approximate surface area is 155 Å².